The first-order valence-electron chi connectivity index (χ1n) is 10.6. The van der Waals surface area contributed by atoms with Gasteiger partial charge in [-0.3, -0.25) is 0 Å². The van der Waals surface area contributed by atoms with Gasteiger partial charge in [-0.2, -0.15) is 4.98 Å². The number of anilines is 1. The minimum atomic E-state index is -0.539. The molecule has 9 heteroatoms. The van der Waals surface area contributed by atoms with Gasteiger partial charge >= 0.3 is 5.97 Å². The monoisotopic (exact) mass is 466 g/mol. The van der Waals surface area contributed by atoms with Crippen LogP contribution >= 0.6 is 11.8 Å². The van der Waals surface area contributed by atoms with E-state index < -0.39 is 12.0 Å². The third kappa shape index (κ3) is 4.68. The highest BCUT2D eigenvalue weighted by Crippen LogP contribution is 2.39. The number of fused-ring (bicyclic) bond motifs is 1. The second-order valence-corrected chi connectivity index (χ2v) is 8.57. The van der Waals surface area contributed by atoms with Crippen molar-refractivity contribution in [2.45, 2.75) is 31.7 Å². The SMILES string of the molecule is CCSc1nc2n(n1)C(c1ccc(OC)c(OC)c1)C(C(=O)OCc1ccccc1)=C(C)N2. The average molecular weight is 467 g/mol. The first kappa shape index (κ1) is 22.7. The van der Waals surface area contributed by atoms with Gasteiger partial charge in [-0.25, -0.2) is 9.48 Å². The molecule has 33 heavy (non-hydrogen) atoms. The Bertz CT molecular complexity index is 1180. The second kappa shape index (κ2) is 9.99. The second-order valence-electron chi connectivity index (χ2n) is 7.34. The number of esters is 1. The van der Waals surface area contributed by atoms with Crippen LogP contribution in [0.2, 0.25) is 0 Å². The molecule has 1 aliphatic rings. The van der Waals surface area contributed by atoms with E-state index in [4.69, 9.17) is 14.2 Å². The molecular formula is C24H26N4O4S. The molecule has 1 aromatic heterocycles. The van der Waals surface area contributed by atoms with Crippen LogP contribution in [0.25, 0.3) is 0 Å². The van der Waals surface area contributed by atoms with Crippen molar-refractivity contribution in [1.82, 2.24) is 14.8 Å². The summed E-state index contributed by atoms with van der Waals surface area (Å²) in [5.41, 5.74) is 2.85. The first-order chi connectivity index (χ1) is 16.0. The van der Waals surface area contributed by atoms with E-state index in [1.54, 1.807) is 18.9 Å². The minimum absolute atomic E-state index is 0.177. The van der Waals surface area contributed by atoms with Gasteiger partial charge in [0.2, 0.25) is 11.1 Å². The van der Waals surface area contributed by atoms with Crippen LogP contribution in [-0.2, 0) is 16.1 Å². The summed E-state index contributed by atoms with van der Waals surface area (Å²) >= 11 is 1.54. The van der Waals surface area contributed by atoms with Gasteiger partial charge in [0.05, 0.1) is 19.8 Å². The van der Waals surface area contributed by atoms with Crippen molar-refractivity contribution in [3.05, 3.63) is 70.9 Å². The standard InChI is InChI=1S/C24H26N4O4S/c1-5-33-24-26-23-25-15(2)20(22(29)32-14-16-9-7-6-8-10-16)21(28(23)27-24)17-11-12-18(30-3)19(13-17)31-4/h6-13,21H,5,14H2,1-4H3,(H,25,26,27). The predicted molar refractivity (Wildman–Crippen MR) is 127 cm³/mol. The van der Waals surface area contributed by atoms with E-state index >= 15 is 0 Å². The molecule has 1 N–H and O–H groups in total. The lowest BCUT2D eigenvalue weighted by atomic mass is 9.95. The van der Waals surface area contributed by atoms with Crippen LogP contribution in [0, 0.1) is 0 Å². The van der Waals surface area contributed by atoms with Gasteiger partial charge in [-0.1, -0.05) is 55.1 Å². The number of allylic oxidation sites excluding steroid dienone is 1. The third-order valence-corrected chi connectivity index (χ3v) is 5.98. The maximum Gasteiger partial charge on any atom is 0.338 e. The molecule has 1 aliphatic heterocycles. The van der Waals surface area contributed by atoms with Crippen LogP contribution in [0.1, 0.15) is 31.0 Å². The lowest BCUT2D eigenvalue weighted by molar-refractivity contribution is -0.140. The Labute approximate surface area is 197 Å². The van der Waals surface area contributed by atoms with Crippen LogP contribution in [-0.4, -0.2) is 40.7 Å². The molecule has 1 unspecified atom stereocenters. The summed E-state index contributed by atoms with van der Waals surface area (Å²) in [6, 6.07) is 14.6. The molecule has 2 heterocycles. The van der Waals surface area contributed by atoms with Crippen LogP contribution in [0.5, 0.6) is 11.5 Å². The maximum atomic E-state index is 13.3. The van der Waals surface area contributed by atoms with E-state index in [9.17, 15) is 4.79 Å². The van der Waals surface area contributed by atoms with E-state index in [0.717, 1.165) is 16.9 Å². The zero-order valence-corrected chi connectivity index (χ0v) is 19.8. The zero-order chi connectivity index (χ0) is 23.4. The number of aromatic nitrogens is 3. The molecule has 0 bridgehead atoms. The van der Waals surface area contributed by atoms with Crippen molar-refractivity contribution in [2.24, 2.45) is 0 Å². The quantitative estimate of drug-likeness (QED) is 0.385. The molecule has 8 nitrogen and oxygen atoms in total. The highest BCUT2D eigenvalue weighted by Gasteiger charge is 2.35. The number of rotatable bonds is 8. The molecule has 0 fully saturated rings. The molecule has 4 rings (SSSR count). The molecule has 172 valence electrons. The van der Waals surface area contributed by atoms with Gasteiger partial charge in [0, 0.05) is 5.70 Å². The van der Waals surface area contributed by atoms with Crippen LogP contribution in [0.3, 0.4) is 0 Å². The summed E-state index contributed by atoms with van der Waals surface area (Å²) in [6.07, 6.45) is 0. The lowest BCUT2D eigenvalue weighted by Crippen LogP contribution is -2.29. The number of thioether (sulfide) groups is 1. The summed E-state index contributed by atoms with van der Waals surface area (Å²) in [4.78, 5) is 17.9. The maximum absolute atomic E-state index is 13.3. The Morgan fingerprint density at radius 1 is 1.12 bits per heavy atom. The molecule has 0 saturated carbocycles. The number of nitrogens with one attached hydrogen (secondary N) is 1. The summed E-state index contributed by atoms with van der Waals surface area (Å²) < 4.78 is 18.3. The fraction of sp³-hybridized carbons (Fsp3) is 0.292. The van der Waals surface area contributed by atoms with E-state index in [1.807, 2.05) is 62.4 Å². The van der Waals surface area contributed by atoms with E-state index in [1.165, 1.54) is 11.8 Å². The minimum Gasteiger partial charge on any atom is -0.493 e. The Hall–Kier alpha value is -3.46. The fourth-order valence-electron chi connectivity index (χ4n) is 3.72. The normalized spacial score (nSPS) is 15.0. The topological polar surface area (TPSA) is 87.5 Å². The van der Waals surface area contributed by atoms with Crippen molar-refractivity contribution in [2.75, 3.05) is 25.3 Å². The number of carbonyl (C=O) groups excluding carboxylic acids is 1. The Balaban J connectivity index is 1.75. The number of ether oxygens (including phenoxy) is 3. The van der Waals surface area contributed by atoms with E-state index in [-0.39, 0.29) is 6.61 Å². The van der Waals surface area contributed by atoms with Gasteiger partial charge in [0.25, 0.3) is 0 Å². The predicted octanol–water partition coefficient (Wildman–Crippen LogP) is 4.44. The number of carbonyl (C=O) groups is 1. The summed E-state index contributed by atoms with van der Waals surface area (Å²) in [5.74, 6) is 2.15. The largest absolute Gasteiger partial charge is 0.493 e. The number of nitrogens with zero attached hydrogens (tertiary/aromatic N) is 3. The molecule has 0 spiro atoms. The average Bonchev–Trinajstić information content (AvgIpc) is 3.23. The molecule has 2 aromatic carbocycles. The first-order valence-corrected chi connectivity index (χ1v) is 11.5. The van der Waals surface area contributed by atoms with Gasteiger partial charge in [-0.05, 0) is 35.9 Å². The molecule has 0 amide bonds. The summed E-state index contributed by atoms with van der Waals surface area (Å²) in [7, 11) is 3.17. The van der Waals surface area contributed by atoms with Crippen molar-refractivity contribution in [1.29, 1.82) is 0 Å². The van der Waals surface area contributed by atoms with Crippen LogP contribution in [0.15, 0.2) is 65.0 Å². The highest BCUT2D eigenvalue weighted by molar-refractivity contribution is 7.99. The Morgan fingerprint density at radius 2 is 1.88 bits per heavy atom. The van der Waals surface area contributed by atoms with Gasteiger partial charge in [-0.15, -0.1) is 5.10 Å². The smallest absolute Gasteiger partial charge is 0.338 e. The van der Waals surface area contributed by atoms with Crippen molar-refractivity contribution < 1.29 is 19.0 Å². The van der Waals surface area contributed by atoms with Crippen molar-refractivity contribution in [3.8, 4) is 11.5 Å². The molecule has 1 atom stereocenters. The number of methoxy groups -OCH3 is 2. The number of benzene rings is 2. The molecular weight excluding hydrogens is 440 g/mol. The van der Waals surface area contributed by atoms with Crippen LogP contribution in [0.4, 0.5) is 5.95 Å². The van der Waals surface area contributed by atoms with Crippen molar-refractivity contribution in [3.63, 3.8) is 0 Å². The molecule has 0 radical (unpaired) electrons. The molecule has 0 saturated heterocycles. The zero-order valence-electron chi connectivity index (χ0n) is 19.0. The lowest BCUT2D eigenvalue weighted by Gasteiger charge is -2.28. The van der Waals surface area contributed by atoms with E-state index in [2.05, 4.69) is 15.4 Å². The fourth-order valence-corrected chi connectivity index (χ4v) is 4.27. The highest BCUT2D eigenvalue weighted by atomic mass is 32.2. The van der Waals surface area contributed by atoms with Gasteiger partial charge in [0.15, 0.2) is 11.5 Å². The Kier molecular flexibility index (Phi) is 6.88. The third-order valence-electron chi connectivity index (χ3n) is 5.26. The number of hydrogen-bond acceptors (Lipinski definition) is 8. The van der Waals surface area contributed by atoms with Crippen molar-refractivity contribution >= 4 is 23.7 Å². The molecule has 0 aliphatic carbocycles. The van der Waals surface area contributed by atoms with Gasteiger partial charge in [0.1, 0.15) is 12.6 Å². The van der Waals surface area contributed by atoms with E-state index in [0.29, 0.717) is 33.9 Å². The summed E-state index contributed by atoms with van der Waals surface area (Å²) in [5, 5.41) is 8.53. The number of hydrogen-bond donors (Lipinski definition) is 1. The molecule has 3 aromatic rings. The van der Waals surface area contributed by atoms with Gasteiger partial charge < -0.3 is 19.5 Å². The summed E-state index contributed by atoms with van der Waals surface area (Å²) in [6.45, 7) is 4.06. The van der Waals surface area contributed by atoms with Crippen LogP contribution < -0.4 is 14.8 Å². The Morgan fingerprint density at radius 3 is 2.58 bits per heavy atom.